The molecule has 4 aromatic rings. The van der Waals surface area contributed by atoms with E-state index in [-0.39, 0.29) is 30.2 Å². The number of nitrogens with one attached hydrogen (secondary N) is 1. The van der Waals surface area contributed by atoms with Crippen molar-refractivity contribution in [1.82, 2.24) is 10.2 Å². The highest BCUT2D eigenvalue weighted by atomic mass is 16.6. The van der Waals surface area contributed by atoms with E-state index in [9.17, 15) is 15.2 Å². The van der Waals surface area contributed by atoms with Gasteiger partial charge in [0.15, 0.2) is 5.69 Å². The number of aromatic nitrogens is 2. The molecule has 1 fully saturated rings. The number of aromatic carboxylic acids is 1. The molecule has 9 nitrogen and oxygen atoms in total. The van der Waals surface area contributed by atoms with Crippen molar-refractivity contribution in [2.24, 2.45) is 0 Å². The van der Waals surface area contributed by atoms with Gasteiger partial charge >= 0.3 is 5.97 Å². The van der Waals surface area contributed by atoms with E-state index >= 15 is 0 Å². The molecule has 0 bridgehead atoms. The number of nitrogens with zero attached hydrogens (tertiary/aromatic N) is 2. The van der Waals surface area contributed by atoms with E-state index in [1.54, 1.807) is 0 Å². The van der Waals surface area contributed by atoms with Gasteiger partial charge in [-0.1, -0.05) is 91.0 Å². The van der Waals surface area contributed by atoms with E-state index in [1.807, 2.05) is 97.1 Å². The van der Waals surface area contributed by atoms with Crippen LogP contribution in [0.5, 0.6) is 0 Å². The molecule has 1 aromatic heterocycles. The highest BCUT2D eigenvalue weighted by Crippen LogP contribution is 2.39. The van der Waals surface area contributed by atoms with Gasteiger partial charge in [-0.2, -0.15) is 10.4 Å². The van der Waals surface area contributed by atoms with Gasteiger partial charge in [-0.05, 0) is 16.7 Å². The number of nitriles is 1. The lowest BCUT2D eigenvalue weighted by molar-refractivity contribution is -0.0898. The number of hydrogen-bond donors (Lipinski definition) is 2. The Bertz CT molecular complexity index is 1420. The molecule has 2 heterocycles. The molecule has 1 aliphatic heterocycles. The first-order chi connectivity index (χ1) is 19.6. The molecule has 1 saturated heterocycles. The summed E-state index contributed by atoms with van der Waals surface area (Å²) in [5, 5.41) is 26.0. The average molecular weight is 540 g/mol. The van der Waals surface area contributed by atoms with Crippen molar-refractivity contribution in [3.8, 4) is 6.07 Å². The number of hydrogen-bond acceptors (Lipinski definition) is 7. The second kappa shape index (κ2) is 13.2. The summed E-state index contributed by atoms with van der Waals surface area (Å²) in [5.74, 6) is -1.28. The number of benzene rings is 3. The molecule has 40 heavy (non-hydrogen) atoms. The van der Waals surface area contributed by atoms with Gasteiger partial charge in [0.1, 0.15) is 36.0 Å². The fourth-order valence-corrected chi connectivity index (χ4v) is 4.74. The number of H-pyrrole nitrogens is 1. The van der Waals surface area contributed by atoms with Gasteiger partial charge in [0.2, 0.25) is 0 Å². The molecule has 0 spiro atoms. The Kier molecular flexibility index (Phi) is 8.96. The van der Waals surface area contributed by atoms with Crippen LogP contribution in [0.2, 0.25) is 0 Å². The summed E-state index contributed by atoms with van der Waals surface area (Å²) in [6, 6.07) is 31.0. The van der Waals surface area contributed by atoms with E-state index in [1.165, 1.54) is 0 Å². The molecule has 4 atom stereocenters. The Morgan fingerprint density at radius 2 is 1.38 bits per heavy atom. The fraction of sp³-hybridized carbons (Fsp3) is 0.258. The summed E-state index contributed by atoms with van der Waals surface area (Å²) >= 11 is 0. The molecule has 5 rings (SSSR count). The summed E-state index contributed by atoms with van der Waals surface area (Å²) in [6.07, 6.45) is -2.82. The number of ether oxygens (including phenoxy) is 4. The van der Waals surface area contributed by atoms with E-state index in [4.69, 9.17) is 18.9 Å². The normalized spacial score (nSPS) is 20.3. The first-order valence-electron chi connectivity index (χ1n) is 12.9. The van der Waals surface area contributed by atoms with Crippen LogP contribution in [0.25, 0.3) is 0 Å². The number of rotatable bonds is 12. The van der Waals surface area contributed by atoms with Crippen molar-refractivity contribution >= 4 is 5.97 Å². The Balaban J connectivity index is 1.44. The van der Waals surface area contributed by atoms with Crippen molar-refractivity contribution in [2.75, 3.05) is 6.61 Å². The van der Waals surface area contributed by atoms with Crippen LogP contribution in [0, 0.1) is 11.3 Å². The molecule has 0 aliphatic carbocycles. The lowest BCUT2D eigenvalue weighted by atomic mass is 10.0. The molecule has 2 N–H and O–H groups in total. The van der Waals surface area contributed by atoms with Crippen LogP contribution in [-0.2, 0) is 38.8 Å². The van der Waals surface area contributed by atoms with E-state index in [0.29, 0.717) is 13.2 Å². The Hall–Kier alpha value is -4.33. The van der Waals surface area contributed by atoms with Crippen molar-refractivity contribution < 1.29 is 28.8 Å². The lowest BCUT2D eigenvalue weighted by Gasteiger charge is -2.25. The first-order valence-corrected chi connectivity index (χ1v) is 12.9. The van der Waals surface area contributed by atoms with Gasteiger partial charge < -0.3 is 24.1 Å². The topological polar surface area (TPSA) is 127 Å². The number of carbonyl (C=O) groups is 1. The monoisotopic (exact) mass is 539 g/mol. The zero-order valence-electron chi connectivity index (χ0n) is 21.7. The average Bonchev–Trinajstić information content (AvgIpc) is 3.58. The zero-order valence-corrected chi connectivity index (χ0v) is 21.7. The van der Waals surface area contributed by atoms with Crippen LogP contribution < -0.4 is 0 Å². The molecule has 204 valence electrons. The Morgan fingerprint density at radius 1 is 0.850 bits per heavy atom. The van der Waals surface area contributed by atoms with Gasteiger partial charge in [0.25, 0.3) is 0 Å². The Labute approximate surface area is 231 Å². The smallest absolute Gasteiger partial charge is 0.340 e. The second-order valence-electron chi connectivity index (χ2n) is 9.40. The first kappa shape index (κ1) is 27.2. The predicted octanol–water partition coefficient (Wildman–Crippen LogP) is 4.81. The summed E-state index contributed by atoms with van der Waals surface area (Å²) in [6.45, 7) is 1.09. The van der Waals surface area contributed by atoms with Crippen LogP contribution in [-0.4, -0.2) is 46.2 Å². The fourth-order valence-electron chi connectivity index (χ4n) is 4.74. The van der Waals surface area contributed by atoms with Gasteiger partial charge in [-0.15, -0.1) is 0 Å². The van der Waals surface area contributed by atoms with E-state index in [2.05, 4.69) is 10.2 Å². The highest BCUT2D eigenvalue weighted by Gasteiger charge is 2.49. The van der Waals surface area contributed by atoms with Crippen LogP contribution >= 0.6 is 0 Å². The van der Waals surface area contributed by atoms with Crippen LogP contribution in [0.15, 0.2) is 91.0 Å². The predicted molar refractivity (Wildman–Crippen MR) is 144 cm³/mol. The number of carboxylic acid groups (broad SMARTS) is 1. The van der Waals surface area contributed by atoms with Gasteiger partial charge in [0, 0.05) is 0 Å². The number of carboxylic acids is 1. The van der Waals surface area contributed by atoms with Crippen LogP contribution in [0.4, 0.5) is 0 Å². The van der Waals surface area contributed by atoms with Crippen molar-refractivity contribution in [2.45, 2.75) is 44.2 Å². The van der Waals surface area contributed by atoms with Gasteiger partial charge in [-0.3, -0.25) is 5.10 Å². The molecule has 0 amide bonds. The third-order valence-corrected chi connectivity index (χ3v) is 6.67. The Morgan fingerprint density at radius 3 is 1.90 bits per heavy atom. The minimum absolute atomic E-state index is 0.154. The van der Waals surface area contributed by atoms with E-state index in [0.717, 1.165) is 16.7 Å². The maximum Gasteiger partial charge on any atom is 0.340 e. The lowest BCUT2D eigenvalue weighted by Crippen LogP contribution is -2.38. The third-order valence-electron chi connectivity index (χ3n) is 6.67. The third kappa shape index (κ3) is 6.45. The molecule has 9 heteroatoms. The molecular weight excluding hydrogens is 510 g/mol. The summed E-state index contributed by atoms with van der Waals surface area (Å²) < 4.78 is 25.3. The largest absolute Gasteiger partial charge is 0.478 e. The molecule has 1 aliphatic rings. The zero-order chi connectivity index (χ0) is 27.7. The molecule has 0 saturated carbocycles. The number of aromatic amines is 1. The summed E-state index contributed by atoms with van der Waals surface area (Å²) in [4.78, 5) is 12.1. The van der Waals surface area contributed by atoms with Crippen molar-refractivity contribution in [1.29, 1.82) is 5.26 Å². The van der Waals surface area contributed by atoms with Crippen molar-refractivity contribution in [3.05, 3.63) is 125 Å². The van der Waals surface area contributed by atoms with Crippen LogP contribution in [0.1, 0.15) is 44.5 Å². The van der Waals surface area contributed by atoms with Crippen molar-refractivity contribution in [3.63, 3.8) is 0 Å². The SMILES string of the molecule is N#Cc1n[nH]c([C@@H]2O[C@H](COCc3ccccc3)[C@@H](OCc3ccccc3)[C@@H]2OCc2ccccc2)c1C(=O)O. The minimum atomic E-state index is -1.28. The highest BCUT2D eigenvalue weighted by molar-refractivity contribution is 5.91. The van der Waals surface area contributed by atoms with Crippen LogP contribution in [0.3, 0.4) is 0 Å². The standard InChI is InChI=1S/C31H29N3O6/c32-16-24-26(31(35)36)27(34-33-24)29-30(39-19-23-14-8-3-9-15-23)28(38-18-22-12-6-2-7-13-22)25(40-29)20-37-17-21-10-4-1-5-11-21/h1-15,25,28-30H,17-20H2,(H,33,34)(H,35,36)/t25-,28-,29+,30+/m1/s1. The van der Waals surface area contributed by atoms with Gasteiger partial charge in [-0.25, -0.2) is 4.79 Å². The minimum Gasteiger partial charge on any atom is -0.478 e. The molecule has 3 aromatic carbocycles. The second-order valence-corrected chi connectivity index (χ2v) is 9.40. The summed E-state index contributed by atoms with van der Waals surface area (Å²) in [7, 11) is 0. The molecule has 0 radical (unpaired) electrons. The quantitative estimate of drug-likeness (QED) is 0.263. The molecular formula is C31H29N3O6. The summed E-state index contributed by atoms with van der Waals surface area (Å²) in [5.41, 5.74) is 2.60. The van der Waals surface area contributed by atoms with E-state index < -0.39 is 30.4 Å². The molecule has 0 unspecified atom stereocenters. The maximum absolute atomic E-state index is 12.1. The van der Waals surface area contributed by atoms with Gasteiger partial charge in [0.05, 0.1) is 32.1 Å². The maximum atomic E-state index is 12.1.